The van der Waals surface area contributed by atoms with Gasteiger partial charge in [0.05, 0.1) is 18.2 Å². The van der Waals surface area contributed by atoms with Crippen molar-refractivity contribution in [1.82, 2.24) is 0 Å². The van der Waals surface area contributed by atoms with E-state index in [2.05, 4.69) is 5.16 Å². The lowest BCUT2D eigenvalue weighted by Gasteiger charge is -2.00. The molecule has 0 heterocycles. The summed E-state index contributed by atoms with van der Waals surface area (Å²) >= 11 is 5.81. The van der Waals surface area contributed by atoms with Crippen LogP contribution >= 0.6 is 11.6 Å². The van der Waals surface area contributed by atoms with Gasteiger partial charge in [-0.2, -0.15) is 0 Å². The fraction of sp³-hybridized carbons (Fsp3) is 0.0667. The summed E-state index contributed by atoms with van der Waals surface area (Å²) in [5, 5.41) is 2.87. The number of carbonyl (C=O) groups is 1. The minimum Gasteiger partial charge on any atom is -0.497 e. The normalized spacial score (nSPS) is 11.0. The van der Waals surface area contributed by atoms with Gasteiger partial charge < -0.3 is 4.74 Å². The van der Waals surface area contributed by atoms with Gasteiger partial charge in [0.15, 0.2) is 0 Å². The third kappa shape index (κ3) is 3.97. The van der Waals surface area contributed by atoms with Crippen LogP contribution in [0.1, 0.15) is 15.9 Å². The first-order chi connectivity index (χ1) is 10.1. The highest BCUT2D eigenvalue weighted by Gasteiger charge is 2.11. The molecule has 0 spiro atoms. The maximum atomic E-state index is 11.8. The molecule has 0 amide bonds. The topological polar surface area (TPSA) is 75.5 Å². The molecule has 0 atom stereocenters. The molecule has 0 unspecified atom stereocenters. The lowest BCUT2D eigenvalue weighted by molar-refractivity contribution is -0.721. The van der Waals surface area contributed by atoms with Crippen LogP contribution in [-0.2, 0) is 4.84 Å². The first-order valence-corrected chi connectivity index (χ1v) is 6.47. The van der Waals surface area contributed by atoms with Gasteiger partial charge in [0.2, 0.25) is 0 Å². The van der Waals surface area contributed by atoms with Crippen LogP contribution in [0.3, 0.4) is 0 Å². The van der Waals surface area contributed by atoms with Crippen LogP contribution in [0.25, 0.3) is 0 Å². The number of nitrogen functional groups attached to an aromatic ring is 1. The van der Waals surface area contributed by atoms with Crippen molar-refractivity contribution >= 4 is 23.4 Å². The van der Waals surface area contributed by atoms with Crippen molar-refractivity contribution in [2.24, 2.45) is 5.73 Å². The number of hydrogen-bond acceptors (Lipinski definition) is 3. The molecule has 0 aliphatic rings. The van der Waals surface area contributed by atoms with E-state index in [0.717, 1.165) is 0 Å². The average Bonchev–Trinajstić information content (AvgIpc) is 2.52. The van der Waals surface area contributed by atoms with E-state index >= 15 is 0 Å². The summed E-state index contributed by atoms with van der Waals surface area (Å²) in [5.74, 6) is 0.351. The molecule has 108 valence electrons. The van der Waals surface area contributed by atoms with Crippen LogP contribution in [0.15, 0.2) is 48.5 Å². The second-order valence-electron chi connectivity index (χ2n) is 4.14. The Labute approximate surface area is 126 Å². The van der Waals surface area contributed by atoms with Crippen molar-refractivity contribution in [2.75, 3.05) is 7.11 Å². The number of nitrogens with two attached hydrogens (primary N) is 1. The second kappa shape index (κ2) is 6.76. The van der Waals surface area contributed by atoms with E-state index in [0.29, 0.717) is 21.9 Å². The van der Waals surface area contributed by atoms with Crippen molar-refractivity contribution in [3.8, 4) is 5.75 Å². The molecule has 3 N–H and O–H groups in total. The first kappa shape index (κ1) is 14.9. The molecule has 5 nitrogen and oxygen atoms in total. The zero-order valence-electron chi connectivity index (χ0n) is 11.3. The van der Waals surface area contributed by atoms with Crippen LogP contribution in [0.5, 0.6) is 5.75 Å². The number of methoxy groups -OCH3 is 1. The lowest BCUT2D eigenvalue weighted by atomic mass is 10.2. The second-order valence-corrected chi connectivity index (χ2v) is 4.58. The van der Waals surface area contributed by atoms with Gasteiger partial charge in [0.1, 0.15) is 5.75 Å². The maximum Gasteiger partial charge on any atom is 0.387 e. The number of carbonyl (C=O) groups excluding carboxylic acids is 1. The van der Waals surface area contributed by atoms with Crippen molar-refractivity contribution in [3.63, 3.8) is 0 Å². The predicted octanol–water partition coefficient (Wildman–Crippen LogP) is 0.907. The maximum absolute atomic E-state index is 11.8. The predicted molar refractivity (Wildman–Crippen MR) is 79.1 cm³/mol. The van der Waals surface area contributed by atoms with E-state index in [1.54, 1.807) is 49.6 Å². The Bertz CT molecular complexity index is 669. The fourth-order valence-electron chi connectivity index (χ4n) is 1.61. The van der Waals surface area contributed by atoms with Gasteiger partial charge in [-0.05, 0) is 42.5 Å². The third-order valence-corrected chi connectivity index (χ3v) is 2.95. The standard InChI is InChI=1S/C15H13ClN2O3/c1-20-13-7-5-10(6-8-13)14(17)18-21-15(19)11-3-2-4-12(16)9-11/h2-9H,1H3,(H2,17,18)/p+1. The highest BCUT2D eigenvalue weighted by atomic mass is 35.5. The summed E-state index contributed by atoms with van der Waals surface area (Å²) in [6.45, 7) is 0. The Hall–Kier alpha value is -2.53. The molecule has 0 aliphatic heterocycles. The van der Waals surface area contributed by atoms with Gasteiger partial charge in [-0.3, -0.25) is 10.6 Å². The summed E-state index contributed by atoms with van der Waals surface area (Å²) in [5.41, 5.74) is 6.81. The molecule has 2 aromatic carbocycles. The zero-order chi connectivity index (χ0) is 15.2. The summed E-state index contributed by atoms with van der Waals surface area (Å²) < 4.78 is 5.05. The number of rotatable bonds is 4. The minimum atomic E-state index is -0.575. The molecule has 0 fully saturated rings. The molecule has 0 aliphatic carbocycles. The molecule has 0 aromatic heterocycles. The van der Waals surface area contributed by atoms with Crippen molar-refractivity contribution in [3.05, 3.63) is 64.7 Å². The van der Waals surface area contributed by atoms with Crippen LogP contribution in [0.4, 0.5) is 0 Å². The average molecular weight is 306 g/mol. The Morgan fingerprint density at radius 3 is 2.48 bits per heavy atom. The number of benzene rings is 2. The van der Waals surface area contributed by atoms with Gasteiger partial charge in [-0.15, -0.1) is 0 Å². The quantitative estimate of drug-likeness (QED) is 0.381. The molecule has 2 aromatic rings. The molecule has 2 rings (SSSR count). The Morgan fingerprint density at radius 1 is 1.14 bits per heavy atom. The fourth-order valence-corrected chi connectivity index (χ4v) is 1.80. The van der Waals surface area contributed by atoms with Crippen LogP contribution < -0.4 is 15.6 Å². The van der Waals surface area contributed by atoms with Crippen molar-refractivity contribution < 1.29 is 19.5 Å². The number of ether oxygens (including phenoxy) is 1. The van der Waals surface area contributed by atoms with Gasteiger partial charge >= 0.3 is 11.8 Å². The summed E-state index contributed by atoms with van der Waals surface area (Å²) in [6.07, 6.45) is 0. The molecule has 6 heteroatoms. The van der Waals surface area contributed by atoms with E-state index in [4.69, 9.17) is 26.9 Å². The number of nitrogens with one attached hydrogen (secondary N) is 1. The largest absolute Gasteiger partial charge is 0.497 e. The van der Waals surface area contributed by atoms with Gasteiger partial charge in [-0.1, -0.05) is 22.8 Å². The lowest BCUT2D eigenvalue weighted by Crippen LogP contribution is -2.75. The number of amidine groups is 1. The first-order valence-electron chi connectivity index (χ1n) is 6.10. The van der Waals surface area contributed by atoms with E-state index in [9.17, 15) is 4.79 Å². The highest BCUT2D eigenvalue weighted by molar-refractivity contribution is 6.30. The van der Waals surface area contributed by atoms with Crippen LogP contribution in [-0.4, -0.2) is 18.9 Å². The van der Waals surface area contributed by atoms with E-state index in [1.807, 2.05) is 0 Å². The Morgan fingerprint density at radius 2 is 1.86 bits per heavy atom. The Balaban J connectivity index is 2.07. The molecular formula is C15H14ClN2O3+. The highest BCUT2D eigenvalue weighted by Crippen LogP contribution is 2.11. The summed E-state index contributed by atoms with van der Waals surface area (Å²) in [7, 11) is 1.58. The minimum absolute atomic E-state index is 0.216. The molecule has 0 saturated heterocycles. The van der Waals surface area contributed by atoms with Gasteiger partial charge in [-0.25, -0.2) is 4.79 Å². The molecule has 0 saturated carbocycles. The molecule has 0 radical (unpaired) electrons. The van der Waals surface area contributed by atoms with Crippen molar-refractivity contribution in [2.45, 2.75) is 0 Å². The zero-order valence-corrected chi connectivity index (χ0v) is 12.1. The van der Waals surface area contributed by atoms with E-state index in [1.165, 1.54) is 6.07 Å². The monoisotopic (exact) mass is 305 g/mol. The van der Waals surface area contributed by atoms with Crippen molar-refractivity contribution in [1.29, 1.82) is 0 Å². The third-order valence-electron chi connectivity index (χ3n) is 2.72. The van der Waals surface area contributed by atoms with Gasteiger partial charge in [0, 0.05) is 5.02 Å². The molecular weight excluding hydrogens is 292 g/mol. The summed E-state index contributed by atoms with van der Waals surface area (Å²) in [6, 6.07) is 13.4. The smallest absolute Gasteiger partial charge is 0.387 e. The SMILES string of the molecule is COc1ccc(C(N)=[NH+]OC(=O)c2cccc(Cl)c2)cc1. The molecule has 21 heavy (non-hydrogen) atoms. The van der Waals surface area contributed by atoms with Gasteiger partial charge in [0.25, 0.3) is 0 Å². The summed E-state index contributed by atoms with van der Waals surface area (Å²) in [4.78, 5) is 16.7. The van der Waals surface area contributed by atoms with Crippen LogP contribution in [0, 0.1) is 0 Å². The number of hydrogen-bond donors (Lipinski definition) is 2. The molecule has 0 bridgehead atoms. The number of halogens is 1. The van der Waals surface area contributed by atoms with E-state index < -0.39 is 5.97 Å². The Kier molecular flexibility index (Phi) is 4.79. The van der Waals surface area contributed by atoms with E-state index in [-0.39, 0.29) is 5.84 Å². The van der Waals surface area contributed by atoms with Crippen LogP contribution in [0.2, 0.25) is 5.02 Å².